The quantitative estimate of drug-likeness (QED) is 0.233. The molecule has 0 amide bonds. The highest BCUT2D eigenvalue weighted by Gasteiger charge is 2.23. The van der Waals surface area contributed by atoms with Crippen LogP contribution in [0.5, 0.6) is 0 Å². The summed E-state index contributed by atoms with van der Waals surface area (Å²) in [6, 6.07) is 13.8. The Morgan fingerprint density at radius 3 is 2.72 bits per heavy atom. The largest absolute Gasteiger partial charge is 0.402 e. The molecule has 0 radical (unpaired) electrons. The highest BCUT2D eigenvalue weighted by molar-refractivity contribution is 14.1. The number of hydrogen-bond donors (Lipinski definition) is 0. The molecule has 124 valence electrons. The van der Waals surface area contributed by atoms with Crippen molar-refractivity contribution in [3.05, 3.63) is 91.2 Å². The molecule has 2 aromatic rings. The normalized spacial score (nSPS) is 15.5. The third kappa shape index (κ3) is 4.00. The zero-order valence-corrected chi connectivity index (χ0v) is 14.9. The average molecular weight is 446 g/mol. The van der Waals surface area contributed by atoms with Gasteiger partial charge in [0.05, 0.1) is 10.5 Å². The lowest BCUT2D eigenvalue weighted by Gasteiger charge is -1.99. The standard InChI is InChI=1S/C18H11IN2O4/c19-14-8-3-7-13(11-14)17-20-15(18(22)25-17)9-4-6-12-5-1-2-10-16(12)21(23)24/h1-11H/b6-4-,15-9+. The van der Waals surface area contributed by atoms with Crippen LogP contribution in [0.3, 0.4) is 0 Å². The van der Waals surface area contributed by atoms with Gasteiger partial charge in [0.1, 0.15) is 0 Å². The summed E-state index contributed by atoms with van der Waals surface area (Å²) in [5, 5.41) is 11.0. The van der Waals surface area contributed by atoms with Gasteiger partial charge in [-0.05, 0) is 59.0 Å². The number of halogens is 1. The molecule has 0 saturated heterocycles. The van der Waals surface area contributed by atoms with Gasteiger partial charge in [-0.3, -0.25) is 10.1 Å². The summed E-state index contributed by atoms with van der Waals surface area (Å²) in [5.74, 6) is -0.310. The van der Waals surface area contributed by atoms with Gasteiger partial charge >= 0.3 is 5.97 Å². The molecule has 0 saturated carbocycles. The van der Waals surface area contributed by atoms with Crippen LogP contribution in [0.15, 0.2) is 71.4 Å². The summed E-state index contributed by atoms with van der Waals surface area (Å²) in [5.41, 5.74) is 1.29. The molecule has 3 rings (SSSR count). The van der Waals surface area contributed by atoms with Crippen molar-refractivity contribution in [2.45, 2.75) is 0 Å². The Balaban J connectivity index is 1.84. The molecule has 0 unspecified atom stereocenters. The second-order valence-corrected chi connectivity index (χ2v) is 6.29. The Bertz CT molecular complexity index is 948. The number of cyclic esters (lactones) is 1. The van der Waals surface area contributed by atoms with Crippen molar-refractivity contribution in [3.63, 3.8) is 0 Å². The number of esters is 1. The Morgan fingerprint density at radius 2 is 1.96 bits per heavy atom. The number of nitro benzene ring substituents is 1. The van der Waals surface area contributed by atoms with Crippen LogP contribution < -0.4 is 0 Å². The number of nitrogens with zero attached hydrogens (tertiary/aromatic N) is 2. The summed E-state index contributed by atoms with van der Waals surface area (Å²) in [6.07, 6.45) is 4.57. The smallest absolute Gasteiger partial charge is 0.363 e. The Hall–Kier alpha value is -2.81. The molecule has 1 aliphatic heterocycles. The molecule has 6 nitrogen and oxygen atoms in total. The van der Waals surface area contributed by atoms with Gasteiger partial charge < -0.3 is 4.74 Å². The van der Waals surface area contributed by atoms with Crippen LogP contribution >= 0.6 is 22.6 Å². The number of allylic oxidation sites excluding steroid dienone is 2. The molecule has 2 aromatic carbocycles. The first-order valence-corrected chi connectivity index (χ1v) is 8.31. The van der Waals surface area contributed by atoms with E-state index in [4.69, 9.17) is 4.74 Å². The first kappa shape index (κ1) is 17.0. The molecular formula is C18H11IN2O4. The highest BCUT2D eigenvalue weighted by Crippen LogP contribution is 2.21. The predicted molar refractivity (Wildman–Crippen MR) is 102 cm³/mol. The summed E-state index contributed by atoms with van der Waals surface area (Å²) >= 11 is 2.16. The monoisotopic (exact) mass is 446 g/mol. The van der Waals surface area contributed by atoms with Gasteiger partial charge in [-0.15, -0.1) is 0 Å². The minimum Gasteiger partial charge on any atom is -0.402 e. The first-order chi connectivity index (χ1) is 12.0. The zero-order chi connectivity index (χ0) is 17.8. The SMILES string of the molecule is O=C1OC(c2cccc(I)c2)=N/C1=C/C=C\c1ccccc1[N+](=O)[O-]. The number of ether oxygens (including phenoxy) is 1. The maximum Gasteiger partial charge on any atom is 0.363 e. The lowest BCUT2D eigenvalue weighted by Crippen LogP contribution is -2.05. The fraction of sp³-hybridized carbons (Fsp3) is 0. The summed E-state index contributed by atoms with van der Waals surface area (Å²) in [7, 11) is 0. The number of nitro groups is 1. The van der Waals surface area contributed by atoms with Crippen LogP contribution in [-0.2, 0) is 9.53 Å². The number of benzene rings is 2. The van der Waals surface area contributed by atoms with Crippen molar-refractivity contribution in [2.75, 3.05) is 0 Å². The maximum atomic E-state index is 11.9. The summed E-state index contributed by atoms with van der Waals surface area (Å²) in [4.78, 5) is 26.6. The highest BCUT2D eigenvalue weighted by atomic mass is 127. The van der Waals surface area contributed by atoms with E-state index < -0.39 is 10.9 Å². The minimum absolute atomic E-state index is 0.00537. The van der Waals surface area contributed by atoms with E-state index in [-0.39, 0.29) is 17.3 Å². The topological polar surface area (TPSA) is 81.8 Å². The van der Waals surface area contributed by atoms with E-state index in [2.05, 4.69) is 27.6 Å². The van der Waals surface area contributed by atoms with Crippen LogP contribution in [0.25, 0.3) is 6.08 Å². The molecule has 0 N–H and O–H groups in total. The van der Waals surface area contributed by atoms with E-state index in [1.165, 1.54) is 12.1 Å². The summed E-state index contributed by atoms with van der Waals surface area (Å²) < 4.78 is 6.18. The van der Waals surface area contributed by atoms with E-state index in [1.807, 2.05) is 18.2 Å². The molecule has 0 spiro atoms. The molecule has 7 heteroatoms. The number of rotatable bonds is 4. The van der Waals surface area contributed by atoms with Crippen molar-refractivity contribution in [1.82, 2.24) is 0 Å². The number of aliphatic imine (C=N–C) groups is 1. The van der Waals surface area contributed by atoms with Crippen molar-refractivity contribution < 1.29 is 14.5 Å². The van der Waals surface area contributed by atoms with Crippen molar-refractivity contribution >= 4 is 46.2 Å². The van der Waals surface area contributed by atoms with E-state index >= 15 is 0 Å². The molecule has 25 heavy (non-hydrogen) atoms. The molecule has 1 heterocycles. The van der Waals surface area contributed by atoms with E-state index in [1.54, 1.807) is 36.4 Å². The van der Waals surface area contributed by atoms with Crippen molar-refractivity contribution in [2.24, 2.45) is 4.99 Å². The fourth-order valence-corrected chi connectivity index (χ4v) is 2.75. The van der Waals surface area contributed by atoms with E-state index in [9.17, 15) is 14.9 Å². The Labute approximate surface area is 156 Å². The Kier molecular flexibility index (Phi) is 5.03. The van der Waals surface area contributed by atoms with Crippen LogP contribution in [0.1, 0.15) is 11.1 Å². The number of carbonyl (C=O) groups is 1. The van der Waals surface area contributed by atoms with Gasteiger partial charge in [-0.1, -0.05) is 24.3 Å². The fourth-order valence-electron chi connectivity index (χ4n) is 2.21. The molecule has 0 aromatic heterocycles. The van der Waals surface area contributed by atoms with Gasteiger partial charge in [0.15, 0.2) is 5.70 Å². The second-order valence-electron chi connectivity index (χ2n) is 5.04. The van der Waals surface area contributed by atoms with Crippen molar-refractivity contribution in [3.8, 4) is 0 Å². The Morgan fingerprint density at radius 1 is 1.16 bits per heavy atom. The maximum absolute atomic E-state index is 11.9. The van der Waals surface area contributed by atoms with Gasteiger partial charge in [0, 0.05) is 15.2 Å². The molecule has 0 bridgehead atoms. The van der Waals surface area contributed by atoms with Gasteiger partial charge in [-0.25, -0.2) is 9.79 Å². The van der Waals surface area contributed by atoms with Crippen LogP contribution in [0, 0.1) is 13.7 Å². The van der Waals surface area contributed by atoms with Gasteiger partial charge in [-0.2, -0.15) is 0 Å². The van der Waals surface area contributed by atoms with Gasteiger partial charge in [0.25, 0.3) is 5.69 Å². The average Bonchev–Trinajstić information content (AvgIpc) is 2.96. The molecule has 0 aliphatic carbocycles. The lowest BCUT2D eigenvalue weighted by atomic mass is 10.1. The molecule has 0 atom stereocenters. The number of carbonyl (C=O) groups excluding carboxylic acids is 1. The second kappa shape index (κ2) is 7.39. The third-order valence-corrected chi connectivity index (χ3v) is 4.03. The lowest BCUT2D eigenvalue weighted by molar-refractivity contribution is -0.385. The molecule has 1 aliphatic rings. The summed E-state index contributed by atoms with van der Waals surface area (Å²) in [6.45, 7) is 0. The van der Waals surface area contributed by atoms with Crippen LogP contribution in [-0.4, -0.2) is 16.8 Å². The van der Waals surface area contributed by atoms with E-state index in [0.717, 1.165) is 3.57 Å². The van der Waals surface area contributed by atoms with E-state index in [0.29, 0.717) is 11.1 Å². The first-order valence-electron chi connectivity index (χ1n) is 7.23. The minimum atomic E-state index is -0.555. The molecule has 0 fully saturated rings. The van der Waals surface area contributed by atoms with Crippen LogP contribution in [0.2, 0.25) is 0 Å². The number of hydrogen-bond acceptors (Lipinski definition) is 5. The van der Waals surface area contributed by atoms with Gasteiger partial charge in [0.2, 0.25) is 5.90 Å². The predicted octanol–water partition coefficient (Wildman–Crippen LogP) is 4.10. The zero-order valence-electron chi connectivity index (χ0n) is 12.8. The number of para-hydroxylation sites is 1. The third-order valence-electron chi connectivity index (χ3n) is 3.36. The molecular weight excluding hydrogens is 435 g/mol. The van der Waals surface area contributed by atoms with Crippen LogP contribution in [0.4, 0.5) is 5.69 Å². The van der Waals surface area contributed by atoms with Crippen molar-refractivity contribution in [1.29, 1.82) is 0 Å².